The highest BCUT2D eigenvalue weighted by molar-refractivity contribution is 6.42. The first-order chi connectivity index (χ1) is 14.5. The Kier molecular flexibility index (Phi) is 6.27. The quantitative estimate of drug-likeness (QED) is 0.380. The van der Waals surface area contributed by atoms with Gasteiger partial charge in [-0.1, -0.05) is 23.2 Å². The molecular weight excluding hydrogens is 423 g/mol. The van der Waals surface area contributed by atoms with Gasteiger partial charge in [0.05, 0.1) is 41.0 Å². The van der Waals surface area contributed by atoms with Crippen LogP contribution in [0, 0.1) is 13.8 Å². The van der Waals surface area contributed by atoms with E-state index in [2.05, 4.69) is 15.0 Å². The molecule has 2 aromatic carbocycles. The van der Waals surface area contributed by atoms with Gasteiger partial charge in [-0.05, 0) is 55.3 Å². The summed E-state index contributed by atoms with van der Waals surface area (Å²) in [6.07, 6.45) is 3.71. The molecule has 1 fully saturated rings. The van der Waals surface area contributed by atoms with Gasteiger partial charge in [-0.25, -0.2) is 9.67 Å². The molecule has 30 heavy (non-hydrogen) atoms. The van der Waals surface area contributed by atoms with Crippen LogP contribution in [0.4, 0.5) is 5.69 Å². The Labute approximate surface area is 185 Å². The molecule has 0 atom stereocenters. The van der Waals surface area contributed by atoms with Crippen LogP contribution in [0.2, 0.25) is 10.0 Å². The predicted octanol–water partition coefficient (Wildman–Crippen LogP) is 5.58. The molecule has 0 aliphatic carbocycles. The van der Waals surface area contributed by atoms with E-state index in [0.29, 0.717) is 15.9 Å². The number of aliphatic imine (C=N–C) groups is 1. The molecule has 0 N–H and O–H groups in total. The number of halogens is 2. The Morgan fingerprint density at radius 2 is 1.83 bits per heavy atom. The topological polar surface area (TPSA) is 51.9 Å². The van der Waals surface area contributed by atoms with Gasteiger partial charge in [-0.3, -0.25) is 0 Å². The third-order valence-corrected chi connectivity index (χ3v) is 5.59. The second-order valence-corrected chi connectivity index (χ2v) is 7.91. The molecule has 8 heteroatoms. The summed E-state index contributed by atoms with van der Waals surface area (Å²) in [5, 5.41) is 5.47. The molecule has 0 amide bonds. The molecule has 1 aliphatic heterocycles. The Morgan fingerprint density at radius 1 is 1.03 bits per heavy atom. The molecule has 156 valence electrons. The van der Waals surface area contributed by atoms with Crippen LogP contribution in [0.25, 0.3) is 5.69 Å². The van der Waals surface area contributed by atoms with Crippen molar-refractivity contribution in [1.82, 2.24) is 14.7 Å². The minimum Gasteiger partial charge on any atom is -0.437 e. The molecule has 0 saturated carbocycles. The molecule has 0 unspecified atom stereocenters. The van der Waals surface area contributed by atoms with Gasteiger partial charge >= 0.3 is 0 Å². The van der Waals surface area contributed by atoms with Crippen molar-refractivity contribution in [2.75, 3.05) is 26.3 Å². The number of benzene rings is 2. The molecule has 6 nitrogen and oxygen atoms in total. The number of nitrogens with zero attached hydrogens (tertiary/aromatic N) is 4. The average molecular weight is 445 g/mol. The third-order valence-electron chi connectivity index (χ3n) is 4.85. The zero-order valence-corrected chi connectivity index (χ0v) is 18.3. The maximum atomic E-state index is 6.10. The van der Waals surface area contributed by atoms with Gasteiger partial charge in [0, 0.05) is 25.4 Å². The first-order valence-electron chi connectivity index (χ1n) is 9.66. The highest BCUT2D eigenvalue weighted by atomic mass is 35.5. The molecule has 1 aliphatic rings. The van der Waals surface area contributed by atoms with Gasteiger partial charge in [0.2, 0.25) is 5.88 Å². The number of hydrogen-bond acceptors (Lipinski definition) is 4. The van der Waals surface area contributed by atoms with Crippen LogP contribution in [-0.2, 0) is 4.74 Å². The molecule has 2 heterocycles. The van der Waals surface area contributed by atoms with E-state index in [4.69, 9.17) is 32.7 Å². The predicted molar refractivity (Wildman–Crippen MR) is 120 cm³/mol. The molecule has 0 bridgehead atoms. The fourth-order valence-electron chi connectivity index (χ4n) is 3.11. The number of ether oxygens (including phenoxy) is 2. The molecule has 0 radical (unpaired) electrons. The van der Waals surface area contributed by atoms with Crippen molar-refractivity contribution < 1.29 is 9.47 Å². The van der Waals surface area contributed by atoms with Gasteiger partial charge in [-0.2, -0.15) is 0 Å². The summed E-state index contributed by atoms with van der Waals surface area (Å²) >= 11 is 12.1. The summed E-state index contributed by atoms with van der Waals surface area (Å²) in [6, 6.07) is 11.2. The first kappa shape index (κ1) is 20.7. The molecule has 1 saturated heterocycles. The fourth-order valence-corrected chi connectivity index (χ4v) is 3.40. The Hall–Kier alpha value is -2.54. The Morgan fingerprint density at radius 3 is 2.60 bits per heavy atom. The second-order valence-electron chi connectivity index (χ2n) is 7.10. The number of hydrogen-bond donors (Lipinski definition) is 0. The molecule has 1 aromatic heterocycles. The molecular formula is C22H22Cl2N4O2. The number of morpholine rings is 1. The van der Waals surface area contributed by atoms with Crippen LogP contribution in [0.1, 0.15) is 11.1 Å². The van der Waals surface area contributed by atoms with Crippen molar-refractivity contribution in [2.45, 2.75) is 13.8 Å². The minimum atomic E-state index is 0.479. The highest BCUT2D eigenvalue weighted by Crippen LogP contribution is 2.31. The number of rotatable bonds is 5. The lowest BCUT2D eigenvalue weighted by molar-refractivity contribution is 0.0701. The Bertz CT molecular complexity index is 1070. The summed E-state index contributed by atoms with van der Waals surface area (Å²) in [7, 11) is 0. The second kappa shape index (κ2) is 9.08. The van der Waals surface area contributed by atoms with E-state index >= 15 is 0 Å². The van der Waals surface area contributed by atoms with E-state index in [9.17, 15) is 0 Å². The third kappa shape index (κ3) is 4.78. The van der Waals surface area contributed by atoms with E-state index in [1.165, 1.54) is 0 Å². The van der Waals surface area contributed by atoms with Crippen LogP contribution in [-0.4, -0.2) is 47.3 Å². The largest absolute Gasteiger partial charge is 0.437 e. The van der Waals surface area contributed by atoms with Crippen LogP contribution >= 0.6 is 23.2 Å². The SMILES string of the molecule is Cc1cc(Oc2ccn(-c3ccc(Cl)c(Cl)c3)n2)c(C)cc1/N=C/N1CCOCC1. The monoisotopic (exact) mass is 444 g/mol. The van der Waals surface area contributed by atoms with Crippen LogP contribution in [0.5, 0.6) is 11.6 Å². The molecule has 0 spiro atoms. The summed E-state index contributed by atoms with van der Waals surface area (Å²) in [4.78, 5) is 6.81. The van der Waals surface area contributed by atoms with Gasteiger partial charge in [0.25, 0.3) is 0 Å². The van der Waals surface area contributed by atoms with Crippen molar-refractivity contribution in [3.05, 3.63) is 63.8 Å². The van der Waals surface area contributed by atoms with Crippen molar-refractivity contribution >= 4 is 35.2 Å². The van der Waals surface area contributed by atoms with Crippen LogP contribution in [0.3, 0.4) is 0 Å². The molecule has 4 rings (SSSR count). The zero-order valence-electron chi connectivity index (χ0n) is 16.8. The van der Waals surface area contributed by atoms with E-state index in [0.717, 1.165) is 54.6 Å². The lowest BCUT2D eigenvalue weighted by atomic mass is 10.1. The van der Waals surface area contributed by atoms with Crippen molar-refractivity contribution in [3.63, 3.8) is 0 Å². The number of aryl methyl sites for hydroxylation is 2. The normalized spacial score (nSPS) is 14.5. The van der Waals surface area contributed by atoms with Crippen LogP contribution < -0.4 is 4.74 Å². The van der Waals surface area contributed by atoms with E-state index in [-0.39, 0.29) is 0 Å². The van der Waals surface area contributed by atoms with Crippen molar-refractivity contribution in [3.8, 4) is 17.3 Å². The van der Waals surface area contributed by atoms with E-state index < -0.39 is 0 Å². The standard InChI is InChI=1S/C22H22Cl2N4O2/c1-15-12-21(16(2)11-20(15)25-14-27-7-9-29-10-8-27)30-22-5-6-28(26-22)17-3-4-18(23)19(24)13-17/h3-6,11-14H,7-10H2,1-2H3/b25-14+. The zero-order chi connectivity index (χ0) is 21.1. The van der Waals surface area contributed by atoms with Gasteiger partial charge in [-0.15, -0.1) is 5.10 Å². The molecule has 3 aromatic rings. The van der Waals surface area contributed by atoms with Gasteiger partial charge in [0.15, 0.2) is 0 Å². The van der Waals surface area contributed by atoms with Gasteiger partial charge < -0.3 is 14.4 Å². The lowest BCUT2D eigenvalue weighted by Gasteiger charge is -2.24. The number of aromatic nitrogens is 2. The summed E-state index contributed by atoms with van der Waals surface area (Å²) < 4.78 is 13.1. The van der Waals surface area contributed by atoms with E-state index in [1.54, 1.807) is 16.8 Å². The van der Waals surface area contributed by atoms with Crippen molar-refractivity contribution in [2.24, 2.45) is 4.99 Å². The maximum Gasteiger partial charge on any atom is 0.238 e. The van der Waals surface area contributed by atoms with Crippen molar-refractivity contribution in [1.29, 1.82) is 0 Å². The Balaban J connectivity index is 1.49. The average Bonchev–Trinajstić information content (AvgIpc) is 3.21. The first-order valence-corrected chi connectivity index (χ1v) is 10.4. The van der Waals surface area contributed by atoms with Gasteiger partial charge in [0.1, 0.15) is 5.75 Å². The lowest BCUT2D eigenvalue weighted by Crippen LogP contribution is -2.35. The highest BCUT2D eigenvalue weighted by Gasteiger charge is 2.11. The van der Waals surface area contributed by atoms with Crippen LogP contribution in [0.15, 0.2) is 47.6 Å². The summed E-state index contributed by atoms with van der Waals surface area (Å²) in [5.74, 6) is 1.24. The fraction of sp³-hybridized carbons (Fsp3) is 0.273. The van der Waals surface area contributed by atoms with E-state index in [1.807, 2.05) is 50.6 Å². The smallest absolute Gasteiger partial charge is 0.238 e. The maximum absolute atomic E-state index is 6.10. The summed E-state index contributed by atoms with van der Waals surface area (Å²) in [6.45, 7) is 7.23. The summed E-state index contributed by atoms with van der Waals surface area (Å²) in [5.41, 5.74) is 3.75. The minimum absolute atomic E-state index is 0.479.